The fourth-order valence-electron chi connectivity index (χ4n) is 4.57. The van der Waals surface area contributed by atoms with Gasteiger partial charge in [-0.1, -0.05) is 60.7 Å². The Bertz CT molecular complexity index is 1820. The molecule has 10 heteroatoms. The molecule has 0 spiro atoms. The van der Waals surface area contributed by atoms with Gasteiger partial charge in [0.1, 0.15) is 23.2 Å². The number of aliphatic carboxylic acids is 1. The molecule has 2 N–H and O–H groups in total. The molecule has 1 atom stereocenters. The molecule has 1 aromatic heterocycles. The van der Waals surface area contributed by atoms with Gasteiger partial charge in [0.2, 0.25) is 0 Å². The molecule has 1 amide bonds. The summed E-state index contributed by atoms with van der Waals surface area (Å²) in [5, 5.41) is 12.6. The number of aromatic nitrogens is 1. The summed E-state index contributed by atoms with van der Waals surface area (Å²) in [5.74, 6) is -0.926. The zero-order valence-electron chi connectivity index (χ0n) is 23.0. The average molecular weight is 599 g/mol. The summed E-state index contributed by atoms with van der Waals surface area (Å²) in [4.78, 5) is 39.1. The number of alkyl halides is 3. The van der Waals surface area contributed by atoms with E-state index in [0.29, 0.717) is 28.2 Å². The Morgan fingerprint density at radius 3 is 1.98 bits per heavy atom. The molecule has 0 aliphatic rings. The lowest BCUT2D eigenvalue weighted by molar-refractivity contribution is -0.141. The van der Waals surface area contributed by atoms with E-state index in [4.69, 9.17) is 4.74 Å². The van der Waals surface area contributed by atoms with E-state index in [1.165, 1.54) is 12.3 Å². The standard InChI is InChI=1S/C34H25F3N2O5/c35-34(36,37)26-15-11-24(12-16-26)31(40)38-29-20-25(23-13-17-28(18-14-23)44-27-9-5-2-6-10-27)21-39(32(29)41)30(33(42)43)19-22-7-3-1-4-8-22/h1-18,20-21,30H,19H2,(H,38,40)(H,42,43)/t30-/m0/s1. The number of carbonyl (C=O) groups excluding carboxylic acids is 1. The van der Waals surface area contributed by atoms with Crippen LogP contribution in [0.25, 0.3) is 11.1 Å². The van der Waals surface area contributed by atoms with Gasteiger partial charge in [-0.05, 0) is 65.7 Å². The summed E-state index contributed by atoms with van der Waals surface area (Å²) >= 11 is 0. The van der Waals surface area contributed by atoms with Gasteiger partial charge in [-0.3, -0.25) is 14.2 Å². The van der Waals surface area contributed by atoms with Crippen molar-refractivity contribution < 1.29 is 32.6 Å². The normalized spacial score (nSPS) is 11.9. The maximum absolute atomic E-state index is 13.6. The summed E-state index contributed by atoms with van der Waals surface area (Å²) in [7, 11) is 0. The van der Waals surface area contributed by atoms with Crippen LogP contribution in [-0.4, -0.2) is 21.6 Å². The van der Waals surface area contributed by atoms with Gasteiger partial charge in [-0.2, -0.15) is 13.2 Å². The van der Waals surface area contributed by atoms with E-state index in [9.17, 15) is 32.7 Å². The Balaban J connectivity index is 1.53. The summed E-state index contributed by atoms with van der Waals surface area (Å²) in [5.41, 5.74) is -0.391. The van der Waals surface area contributed by atoms with Crippen LogP contribution in [0.4, 0.5) is 18.9 Å². The van der Waals surface area contributed by atoms with Crippen molar-refractivity contribution in [3.8, 4) is 22.6 Å². The third-order valence-corrected chi connectivity index (χ3v) is 6.82. The molecule has 0 aliphatic carbocycles. The first-order chi connectivity index (χ1) is 21.1. The Labute approximate surface area is 249 Å². The second kappa shape index (κ2) is 12.7. The third-order valence-electron chi connectivity index (χ3n) is 6.82. The highest BCUT2D eigenvalue weighted by atomic mass is 19.4. The number of rotatable bonds is 9. The van der Waals surface area contributed by atoms with Crippen LogP contribution in [0.3, 0.4) is 0 Å². The van der Waals surface area contributed by atoms with E-state index in [1.807, 2.05) is 18.2 Å². The number of amides is 1. The molecule has 5 aromatic rings. The van der Waals surface area contributed by atoms with Gasteiger partial charge in [-0.25, -0.2) is 4.79 Å². The summed E-state index contributed by atoms with van der Waals surface area (Å²) < 4.78 is 45.9. The first kappa shape index (κ1) is 29.8. The monoisotopic (exact) mass is 598 g/mol. The van der Waals surface area contributed by atoms with Crippen LogP contribution >= 0.6 is 0 Å². The molecule has 0 saturated heterocycles. The van der Waals surface area contributed by atoms with E-state index in [2.05, 4.69) is 5.32 Å². The van der Waals surface area contributed by atoms with Crippen LogP contribution in [0.5, 0.6) is 11.5 Å². The molecular weight excluding hydrogens is 573 g/mol. The maximum atomic E-state index is 13.6. The number of nitrogens with one attached hydrogen (secondary N) is 1. The predicted molar refractivity (Wildman–Crippen MR) is 159 cm³/mol. The van der Waals surface area contributed by atoms with Gasteiger partial charge in [0.05, 0.1) is 5.56 Å². The van der Waals surface area contributed by atoms with E-state index in [1.54, 1.807) is 66.7 Å². The minimum atomic E-state index is -4.58. The Morgan fingerprint density at radius 2 is 1.39 bits per heavy atom. The number of para-hydroxylation sites is 1. The maximum Gasteiger partial charge on any atom is 0.416 e. The van der Waals surface area contributed by atoms with Gasteiger partial charge in [0.15, 0.2) is 0 Å². The Kier molecular flexibility index (Phi) is 8.61. The van der Waals surface area contributed by atoms with E-state index < -0.39 is 35.2 Å². The van der Waals surface area contributed by atoms with Crippen LogP contribution in [0, 0.1) is 0 Å². The van der Waals surface area contributed by atoms with Crippen LogP contribution < -0.4 is 15.6 Å². The van der Waals surface area contributed by atoms with Crippen LogP contribution in [0.2, 0.25) is 0 Å². The highest BCUT2D eigenvalue weighted by molar-refractivity contribution is 6.04. The summed E-state index contributed by atoms with van der Waals surface area (Å²) in [6.07, 6.45) is -3.19. The molecule has 0 bridgehead atoms. The zero-order chi connectivity index (χ0) is 31.3. The highest BCUT2D eigenvalue weighted by Gasteiger charge is 2.30. The first-order valence-corrected chi connectivity index (χ1v) is 13.4. The number of nitrogens with zero attached hydrogens (tertiary/aromatic N) is 1. The molecule has 4 aromatic carbocycles. The number of carboxylic acids is 1. The molecule has 0 aliphatic heterocycles. The molecule has 0 saturated carbocycles. The minimum absolute atomic E-state index is 0.0182. The molecule has 0 fully saturated rings. The number of pyridine rings is 1. The van der Waals surface area contributed by atoms with E-state index in [0.717, 1.165) is 28.8 Å². The summed E-state index contributed by atoms with van der Waals surface area (Å²) in [6.45, 7) is 0. The minimum Gasteiger partial charge on any atom is -0.480 e. The Hall–Kier alpha value is -5.64. The summed E-state index contributed by atoms with van der Waals surface area (Å²) in [6, 6.07) is 28.4. The van der Waals surface area contributed by atoms with Crippen molar-refractivity contribution in [3.05, 3.63) is 149 Å². The largest absolute Gasteiger partial charge is 0.480 e. The Morgan fingerprint density at radius 1 is 0.795 bits per heavy atom. The molecule has 0 radical (unpaired) electrons. The number of hydrogen-bond acceptors (Lipinski definition) is 4. The van der Waals surface area contributed by atoms with Gasteiger partial charge in [0, 0.05) is 23.7 Å². The molecule has 7 nitrogen and oxygen atoms in total. The lowest BCUT2D eigenvalue weighted by Gasteiger charge is -2.19. The number of benzene rings is 4. The highest BCUT2D eigenvalue weighted by Crippen LogP contribution is 2.30. The van der Waals surface area contributed by atoms with Gasteiger partial charge < -0.3 is 15.2 Å². The predicted octanol–water partition coefficient (Wildman–Crippen LogP) is 7.45. The van der Waals surface area contributed by atoms with Crippen molar-refractivity contribution in [3.63, 3.8) is 0 Å². The fraction of sp³-hybridized carbons (Fsp3) is 0.0882. The fourth-order valence-corrected chi connectivity index (χ4v) is 4.57. The van der Waals surface area contributed by atoms with E-state index >= 15 is 0 Å². The number of halogens is 3. The molecule has 44 heavy (non-hydrogen) atoms. The molecule has 0 unspecified atom stereocenters. The van der Waals surface area contributed by atoms with Gasteiger partial charge in [-0.15, -0.1) is 0 Å². The number of carbonyl (C=O) groups is 2. The topological polar surface area (TPSA) is 97.6 Å². The first-order valence-electron chi connectivity index (χ1n) is 13.4. The van der Waals surface area contributed by atoms with Crippen LogP contribution in [-0.2, 0) is 17.4 Å². The number of ether oxygens (including phenoxy) is 1. The molecule has 222 valence electrons. The smallest absolute Gasteiger partial charge is 0.416 e. The third kappa shape index (κ3) is 7.04. The molecular formula is C34H25F3N2O5. The molecule has 1 heterocycles. The van der Waals surface area contributed by atoms with E-state index in [-0.39, 0.29) is 17.7 Å². The second-order valence-electron chi connectivity index (χ2n) is 9.87. The second-order valence-corrected chi connectivity index (χ2v) is 9.87. The van der Waals surface area contributed by atoms with Crippen molar-refractivity contribution in [1.29, 1.82) is 0 Å². The lowest BCUT2D eigenvalue weighted by atomic mass is 10.0. The van der Waals surface area contributed by atoms with Crippen LogP contribution in [0.15, 0.2) is 126 Å². The van der Waals surface area contributed by atoms with Crippen molar-refractivity contribution >= 4 is 17.6 Å². The van der Waals surface area contributed by atoms with Crippen molar-refractivity contribution in [2.45, 2.75) is 18.6 Å². The number of hydrogen-bond donors (Lipinski definition) is 2. The number of carboxylic acid groups (broad SMARTS) is 1. The van der Waals surface area contributed by atoms with Crippen molar-refractivity contribution in [1.82, 2.24) is 4.57 Å². The van der Waals surface area contributed by atoms with Crippen molar-refractivity contribution in [2.24, 2.45) is 0 Å². The average Bonchev–Trinajstić information content (AvgIpc) is 3.02. The zero-order valence-corrected chi connectivity index (χ0v) is 23.0. The van der Waals surface area contributed by atoms with Crippen LogP contribution in [0.1, 0.15) is 27.5 Å². The van der Waals surface area contributed by atoms with Gasteiger partial charge in [0.25, 0.3) is 11.5 Å². The van der Waals surface area contributed by atoms with Gasteiger partial charge >= 0.3 is 12.1 Å². The number of anilines is 1. The van der Waals surface area contributed by atoms with Crippen molar-refractivity contribution in [2.75, 3.05) is 5.32 Å². The quantitative estimate of drug-likeness (QED) is 0.184. The lowest BCUT2D eigenvalue weighted by Crippen LogP contribution is -2.33. The molecule has 5 rings (SSSR count). The SMILES string of the molecule is O=C(Nc1cc(-c2ccc(Oc3ccccc3)cc2)cn([C@@H](Cc2ccccc2)C(=O)O)c1=O)c1ccc(C(F)(F)F)cc1.